The maximum Gasteiger partial charge on any atom is 0.123 e. The highest BCUT2D eigenvalue weighted by atomic mass is 19.1. The van der Waals surface area contributed by atoms with Gasteiger partial charge in [0.25, 0.3) is 0 Å². The predicted molar refractivity (Wildman–Crippen MR) is 78.8 cm³/mol. The molecule has 0 aromatic heterocycles. The third-order valence-electron chi connectivity index (χ3n) is 5.04. The monoisotopic (exact) mass is 264 g/mol. The molecule has 0 radical (unpaired) electrons. The first-order chi connectivity index (χ1) is 8.98. The van der Waals surface area contributed by atoms with Gasteiger partial charge in [-0.25, -0.2) is 4.39 Å². The molecule has 0 amide bonds. The van der Waals surface area contributed by atoms with Crippen LogP contribution in [0.3, 0.4) is 0 Å². The molecule has 19 heavy (non-hydrogen) atoms. The summed E-state index contributed by atoms with van der Waals surface area (Å²) in [5, 5.41) is 0. The Bertz CT molecular complexity index is 417. The number of anilines is 1. The topological polar surface area (TPSA) is 29.3 Å². The van der Waals surface area contributed by atoms with Gasteiger partial charge in [0.15, 0.2) is 0 Å². The molecule has 1 aromatic carbocycles. The summed E-state index contributed by atoms with van der Waals surface area (Å²) in [6.07, 6.45) is 3.44. The maximum atomic E-state index is 13.0. The summed E-state index contributed by atoms with van der Waals surface area (Å²) in [6, 6.07) is 6.72. The summed E-state index contributed by atoms with van der Waals surface area (Å²) in [6.45, 7) is 5.29. The van der Waals surface area contributed by atoms with Crippen LogP contribution in [0.1, 0.15) is 33.1 Å². The van der Waals surface area contributed by atoms with Crippen LogP contribution >= 0.6 is 0 Å². The lowest BCUT2D eigenvalue weighted by Crippen LogP contribution is -2.56. The Kier molecular flexibility index (Phi) is 4.14. The first-order valence-electron chi connectivity index (χ1n) is 7.18. The van der Waals surface area contributed by atoms with Crippen LogP contribution in [-0.4, -0.2) is 19.1 Å². The van der Waals surface area contributed by atoms with Crippen molar-refractivity contribution in [2.75, 3.05) is 18.5 Å². The van der Waals surface area contributed by atoms with E-state index in [1.54, 1.807) is 0 Å². The van der Waals surface area contributed by atoms with Crippen molar-refractivity contribution in [3.8, 4) is 0 Å². The van der Waals surface area contributed by atoms with Gasteiger partial charge in [0.1, 0.15) is 5.82 Å². The van der Waals surface area contributed by atoms with Crippen LogP contribution in [0.25, 0.3) is 0 Å². The first kappa shape index (κ1) is 14.3. The maximum absolute atomic E-state index is 13.0. The van der Waals surface area contributed by atoms with E-state index in [2.05, 4.69) is 25.8 Å². The summed E-state index contributed by atoms with van der Waals surface area (Å²) in [5.74, 6) is 1.26. The zero-order valence-electron chi connectivity index (χ0n) is 12.2. The highest BCUT2D eigenvalue weighted by Crippen LogP contribution is 2.40. The molecule has 1 aliphatic carbocycles. The fourth-order valence-electron chi connectivity index (χ4n) is 3.25. The minimum Gasteiger partial charge on any atom is -0.368 e. The third kappa shape index (κ3) is 2.76. The largest absolute Gasteiger partial charge is 0.368 e. The molecular weight excluding hydrogens is 239 g/mol. The molecule has 1 saturated carbocycles. The van der Waals surface area contributed by atoms with Gasteiger partial charge in [-0.3, -0.25) is 0 Å². The lowest BCUT2D eigenvalue weighted by atomic mass is 9.70. The molecule has 0 heterocycles. The van der Waals surface area contributed by atoms with Crippen molar-refractivity contribution >= 4 is 5.69 Å². The van der Waals surface area contributed by atoms with Gasteiger partial charge >= 0.3 is 0 Å². The molecule has 2 nitrogen and oxygen atoms in total. The summed E-state index contributed by atoms with van der Waals surface area (Å²) in [4.78, 5) is 2.26. The van der Waals surface area contributed by atoms with Crippen LogP contribution in [0.15, 0.2) is 24.3 Å². The lowest BCUT2D eigenvalue weighted by molar-refractivity contribution is 0.176. The molecule has 2 rings (SSSR count). The van der Waals surface area contributed by atoms with Crippen molar-refractivity contribution in [1.29, 1.82) is 0 Å². The Balaban J connectivity index is 2.23. The second-order valence-electron chi connectivity index (χ2n) is 6.16. The molecule has 0 saturated heterocycles. The number of nitrogens with zero attached hydrogens (tertiary/aromatic N) is 1. The molecule has 1 aliphatic rings. The highest BCUT2D eigenvalue weighted by Gasteiger charge is 2.39. The van der Waals surface area contributed by atoms with Crippen LogP contribution in [0.5, 0.6) is 0 Å². The number of rotatable bonds is 3. The van der Waals surface area contributed by atoms with Gasteiger partial charge < -0.3 is 10.6 Å². The molecule has 3 atom stereocenters. The molecule has 3 heteroatoms. The number of nitrogens with two attached hydrogens (primary N) is 1. The van der Waals surface area contributed by atoms with Crippen LogP contribution in [0, 0.1) is 17.7 Å². The number of benzene rings is 1. The van der Waals surface area contributed by atoms with Crippen LogP contribution in [0.2, 0.25) is 0 Å². The second kappa shape index (κ2) is 5.49. The van der Waals surface area contributed by atoms with Crippen molar-refractivity contribution in [2.45, 2.75) is 38.6 Å². The molecule has 1 fully saturated rings. The molecule has 0 spiro atoms. The Hall–Kier alpha value is -1.09. The minimum absolute atomic E-state index is 0.0176. The van der Waals surface area contributed by atoms with E-state index in [9.17, 15) is 4.39 Å². The lowest BCUT2D eigenvalue weighted by Gasteiger charge is -2.49. The van der Waals surface area contributed by atoms with E-state index >= 15 is 0 Å². The van der Waals surface area contributed by atoms with Gasteiger partial charge in [-0.2, -0.15) is 0 Å². The SMILES string of the molecule is CC1CCC(CN)(N(C)c2ccc(F)cc2)CC1C. The Morgan fingerprint density at radius 3 is 2.42 bits per heavy atom. The van der Waals surface area contributed by atoms with Crippen LogP contribution < -0.4 is 10.6 Å². The quantitative estimate of drug-likeness (QED) is 0.906. The highest BCUT2D eigenvalue weighted by molar-refractivity contribution is 5.48. The summed E-state index contributed by atoms with van der Waals surface area (Å²) >= 11 is 0. The van der Waals surface area contributed by atoms with E-state index in [4.69, 9.17) is 5.73 Å². The fourth-order valence-corrected chi connectivity index (χ4v) is 3.25. The second-order valence-corrected chi connectivity index (χ2v) is 6.16. The summed E-state index contributed by atoms with van der Waals surface area (Å²) < 4.78 is 13.0. The van der Waals surface area contributed by atoms with Gasteiger partial charge in [-0.05, 0) is 55.4 Å². The Labute approximate surface area is 115 Å². The zero-order valence-corrected chi connectivity index (χ0v) is 12.2. The first-order valence-corrected chi connectivity index (χ1v) is 7.18. The van der Waals surface area contributed by atoms with Crippen LogP contribution in [0.4, 0.5) is 10.1 Å². The van der Waals surface area contributed by atoms with E-state index in [-0.39, 0.29) is 11.4 Å². The number of hydrogen-bond acceptors (Lipinski definition) is 2. The van der Waals surface area contributed by atoms with E-state index in [1.807, 2.05) is 12.1 Å². The Morgan fingerprint density at radius 1 is 1.26 bits per heavy atom. The molecule has 3 unspecified atom stereocenters. The fraction of sp³-hybridized carbons (Fsp3) is 0.625. The summed E-state index contributed by atoms with van der Waals surface area (Å²) in [5.41, 5.74) is 7.17. The predicted octanol–water partition coefficient (Wildman–Crippen LogP) is 3.42. The summed E-state index contributed by atoms with van der Waals surface area (Å²) in [7, 11) is 2.09. The number of halogens is 1. The number of hydrogen-bond donors (Lipinski definition) is 1. The van der Waals surface area contributed by atoms with Crippen molar-refractivity contribution in [1.82, 2.24) is 0 Å². The van der Waals surface area contributed by atoms with Crippen molar-refractivity contribution in [3.63, 3.8) is 0 Å². The molecular formula is C16H25FN2. The van der Waals surface area contributed by atoms with Gasteiger partial charge in [-0.1, -0.05) is 13.8 Å². The van der Waals surface area contributed by atoms with Crippen molar-refractivity contribution < 1.29 is 4.39 Å². The standard InChI is InChI=1S/C16H25FN2/c1-12-8-9-16(11-18,10-13(12)2)19(3)15-6-4-14(17)5-7-15/h4-7,12-13H,8-11,18H2,1-3H3. The van der Waals surface area contributed by atoms with Gasteiger partial charge in [0.2, 0.25) is 0 Å². The van der Waals surface area contributed by atoms with E-state index in [0.717, 1.165) is 24.4 Å². The molecule has 2 N–H and O–H groups in total. The molecule has 0 aliphatic heterocycles. The number of likely N-dealkylation sites (N-methyl/N-ethyl adjacent to an activating group) is 1. The molecule has 1 aromatic rings. The van der Waals surface area contributed by atoms with Gasteiger partial charge in [-0.15, -0.1) is 0 Å². The van der Waals surface area contributed by atoms with E-state index < -0.39 is 0 Å². The van der Waals surface area contributed by atoms with Crippen molar-refractivity contribution in [3.05, 3.63) is 30.1 Å². The molecule has 0 bridgehead atoms. The average Bonchev–Trinajstić information content (AvgIpc) is 2.42. The third-order valence-corrected chi connectivity index (χ3v) is 5.04. The Morgan fingerprint density at radius 2 is 1.89 bits per heavy atom. The molecule has 106 valence electrons. The van der Waals surface area contributed by atoms with Crippen molar-refractivity contribution in [2.24, 2.45) is 17.6 Å². The van der Waals surface area contributed by atoms with E-state index in [1.165, 1.54) is 18.6 Å². The average molecular weight is 264 g/mol. The van der Waals surface area contributed by atoms with E-state index in [0.29, 0.717) is 12.5 Å². The zero-order chi connectivity index (χ0) is 14.0. The van der Waals surface area contributed by atoms with Gasteiger partial charge in [0, 0.05) is 19.3 Å². The van der Waals surface area contributed by atoms with Gasteiger partial charge in [0.05, 0.1) is 5.54 Å². The minimum atomic E-state index is -0.190. The normalized spacial score (nSPS) is 31.2. The van der Waals surface area contributed by atoms with Crippen LogP contribution in [-0.2, 0) is 0 Å². The smallest absolute Gasteiger partial charge is 0.123 e.